The third-order valence-corrected chi connectivity index (χ3v) is 3.86. The van der Waals surface area contributed by atoms with Gasteiger partial charge in [0.15, 0.2) is 20.3 Å². The summed E-state index contributed by atoms with van der Waals surface area (Å²) in [4.78, 5) is 11.5. The molecule has 0 aliphatic carbocycles. The number of rotatable bonds is 3. The van der Waals surface area contributed by atoms with E-state index in [1.807, 2.05) is 0 Å². The third-order valence-electron chi connectivity index (χ3n) is 1.72. The number of hydrogen-bond donors (Lipinski definition) is 0. The van der Waals surface area contributed by atoms with Crippen molar-refractivity contribution >= 4 is 27.2 Å². The Bertz CT molecular complexity index is 484. The van der Waals surface area contributed by atoms with E-state index >= 15 is 0 Å². The quantitative estimate of drug-likeness (QED) is 0.605. The second kappa shape index (κ2) is 4.28. The standard InChI is InChI=1S/C9H8ClFO3S/c1-15(13,14)9(10)8(12)6-4-2-3-5-7(6)11/h2-5,9H,1H3/t9-/m0/s1. The lowest BCUT2D eigenvalue weighted by molar-refractivity contribution is 0.100. The van der Waals surface area contributed by atoms with Crippen LogP contribution in [0.15, 0.2) is 24.3 Å². The molecule has 0 aromatic heterocycles. The van der Waals surface area contributed by atoms with Crippen molar-refractivity contribution < 1.29 is 17.6 Å². The van der Waals surface area contributed by atoms with Gasteiger partial charge in [-0.2, -0.15) is 0 Å². The summed E-state index contributed by atoms with van der Waals surface area (Å²) in [7, 11) is -3.72. The number of carbonyl (C=O) groups excluding carboxylic acids is 1. The monoisotopic (exact) mass is 250 g/mol. The van der Waals surface area contributed by atoms with Gasteiger partial charge in [-0.05, 0) is 12.1 Å². The number of sulfone groups is 1. The molecule has 6 heteroatoms. The van der Waals surface area contributed by atoms with Crippen molar-refractivity contribution in [3.05, 3.63) is 35.6 Å². The van der Waals surface area contributed by atoms with E-state index in [0.717, 1.165) is 12.3 Å². The fraction of sp³-hybridized carbons (Fsp3) is 0.222. The molecule has 0 saturated heterocycles. The fourth-order valence-electron chi connectivity index (χ4n) is 0.978. The molecular weight excluding hydrogens is 243 g/mol. The molecule has 0 saturated carbocycles. The highest BCUT2D eigenvalue weighted by Gasteiger charge is 2.28. The van der Waals surface area contributed by atoms with Gasteiger partial charge in [-0.15, -0.1) is 0 Å². The van der Waals surface area contributed by atoms with Crippen molar-refractivity contribution in [1.82, 2.24) is 0 Å². The first-order valence-electron chi connectivity index (χ1n) is 3.95. The van der Waals surface area contributed by atoms with Crippen LogP contribution in [0.5, 0.6) is 0 Å². The van der Waals surface area contributed by atoms with Crippen LogP contribution in [0.25, 0.3) is 0 Å². The summed E-state index contributed by atoms with van der Waals surface area (Å²) >= 11 is 5.41. The van der Waals surface area contributed by atoms with E-state index in [1.165, 1.54) is 18.2 Å². The van der Waals surface area contributed by atoms with Crippen molar-refractivity contribution in [2.24, 2.45) is 0 Å². The molecule has 82 valence electrons. The number of Topliss-reactive ketones (excluding diaryl/α,β-unsaturated/α-hetero) is 1. The van der Waals surface area contributed by atoms with E-state index in [2.05, 4.69) is 0 Å². The van der Waals surface area contributed by atoms with Gasteiger partial charge in [-0.3, -0.25) is 4.79 Å². The first-order chi connectivity index (χ1) is 6.84. The van der Waals surface area contributed by atoms with Crippen LogP contribution in [-0.4, -0.2) is 25.2 Å². The highest BCUT2D eigenvalue weighted by atomic mass is 35.5. The minimum absolute atomic E-state index is 0.317. The van der Waals surface area contributed by atoms with Gasteiger partial charge in [0.1, 0.15) is 5.82 Å². The molecule has 0 heterocycles. The second-order valence-corrected chi connectivity index (χ2v) is 5.82. The van der Waals surface area contributed by atoms with Gasteiger partial charge in [0.2, 0.25) is 0 Å². The average molecular weight is 251 g/mol. The number of benzene rings is 1. The first-order valence-corrected chi connectivity index (χ1v) is 6.35. The molecule has 1 atom stereocenters. The molecular formula is C9H8ClFO3S. The summed E-state index contributed by atoms with van der Waals surface area (Å²) < 4.78 is 33.3. The molecule has 0 radical (unpaired) electrons. The topological polar surface area (TPSA) is 51.2 Å². The van der Waals surface area contributed by atoms with Gasteiger partial charge in [0, 0.05) is 6.26 Å². The highest BCUT2D eigenvalue weighted by Crippen LogP contribution is 2.15. The van der Waals surface area contributed by atoms with Gasteiger partial charge in [-0.1, -0.05) is 23.7 Å². The van der Waals surface area contributed by atoms with E-state index in [0.29, 0.717) is 0 Å². The molecule has 0 aliphatic heterocycles. The zero-order valence-electron chi connectivity index (χ0n) is 7.78. The molecule has 1 rings (SSSR count). The maximum Gasteiger partial charge on any atom is 0.198 e. The number of halogens is 2. The second-order valence-electron chi connectivity index (χ2n) is 2.99. The molecule has 0 aliphatic rings. The van der Waals surface area contributed by atoms with Crippen LogP contribution < -0.4 is 0 Å². The number of carbonyl (C=O) groups is 1. The Kier molecular flexibility index (Phi) is 3.46. The van der Waals surface area contributed by atoms with Crippen molar-refractivity contribution in [2.75, 3.05) is 6.26 Å². The lowest BCUT2D eigenvalue weighted by Crippen LogP contribution is -2.24. The zero-order chi connectivity index (χ0) is 11.6. The number of alkyl halides is 1. The van der Waals surface area contributed by atoms with Crippen LogP contribution in [0.2, 0.25) is 0 Å². The van der Waals surface area contributed by atoms with Crippen LogP contribution in [0.3, 0.4) is 0 Å². The highest BCUT2D eigenvalue weighted by molar-refractivity contribution is 7.93. The minimum atomic E-state index is -3.72. The van der Waals surface area contributed by atoms with Crippen molar-refractivity contribution in [3.8, 4) is 0 Å². The van der Waals surface area contributed by atoms with Crippen LogP contribution in [0.4, 0.5) is 4.39 Å². The minimum Gasteiger partial charge on any atom is -0.291 e. The maximum atomic E-state index is 13.1. The Morgan fingerprint density at radius 1 is 1.40 bits per heavy atom. The Hall–Kier alpha value is -0.940. The largest absolute Gasteiger partial charge is 0.291 e. The SMILES string of the molecule is CS(=O)(=O)[C@H](Cl)C(=O)c1ccccc1F. The molecule has 0 amide bonds. The molecule has 0 fully saturated rings. The van der Waals surface area contributed by atoms with Gasteiger partial charge in [0.05, 0.1) is 5.56 Å². The summed E-state index contributed by atoms with van der Waals surface area (Å²) in [6.45, 7) is 0. The normalized spacial score (nSPS) is 13.5. The third kappa shape index (κ3) is 2.76. The summed E-state index contributed by atoms with van der Waals surface area (Å²) in [6, 6.07) is 5.09. The van der Waals surface area contributed by atoms with Crippen LogP contribution >= 0.6 is 11.6 Å². The van der Waals surface area contributed by atoms with Crippen molar-refractivity contribution in [3.63, 3.8) is 0 Å². The van der Waals surface area contributed by atoms with E-state index in [4.69, 9.17) is 11.6 Å². The van der Waals surface area contributed by atoms with E-state index in [9.17, 15) is 17.6 Å². The molecule has 1 aromatic carbocycles. The summed E-state index contributed by atoms with van der Waals surface area (Å²) in [5, 5.41) is 0. The number of hydrogen-bond acceptors (Lipinski definition) is 3. The summed E-state index contributed by atoms with van der Waals surface area (Å²) in [6.07, 6.45) is 0.823. The van der Waals surface area contributed by atoms with Crippen LogP contribution in [-0.2, 0) is 9.84 Å². The molecule has 0 unspecified atom stereocenters. The summed E-state index contributed by atoms with van der Waals surface area (Å²) in [5.41, 5.74) is -0.317. The summed E-state index contributed by atoms with van der Waals surface area (Å²) in [5.74, 6) is -1.73. The van der Waals surface area contributed by atoms with Crippen LogP contribution in [0.1, 0.15) is 10.4 Å². The zero-order valence-corrected chi connectivity index (χ0v) is 9.35. The molecule has 1 aromatic rings. The smallest absolute Gasteiger partial charge is 0.198 e. The lowest BCUT2D eigenvalue weighted by atomic mass is 10.1. The van der Waals surface area contributed by atoms with Crippen molar-refractivity contribution in [2.45, 2.75) is 4.71 Å². The Balaban J connectivity index is 3.12. The van der Waals surface area contributed by atoms with E-state index < -0.39 is 26.1 Å². The molecule has 0 spiro atoms. The lowest BCUT2D eigenvalue weighted by Gasteiger charge is -2.06. The van der Waals surface area contributed by atoms with Crippen molar-refractivity contribution in [1.29, 1.82) is 0 Å². The predicted molar refractivity (Wildman–Crippen MR) is 55.2 cm³/mol. The van der Waals surface area contributed by atoms with Gasteiger partial charge in [0.25, 0.3) is 0 Å². The molecule has 0 bridgehead atoms. The Labute approximate surface area is 91.8 Å². The van der Waals surface area contributed by atoms with Gasteiger partial charge < -0.3 is 0 Å². The van der Waals surface area contributed by atoms with E-state index in [-0.39, 0.29) is 5.56 Å². The van der Waals surface area contributed by atoms with Gasteiger partial charge >= 0.3 is 0 Å². The van der Waals surface area contributed by atoms with Crippen LogP contribution in [0, 0.1) is 5.82 Å². The Morgan fingerprint density at radius 3 is 2.40 bits per heavy atom. The first kappa shape index (κ1) is 12.1. The Morgan fingerprint density at radius 2 is 1.93 bits per heavy atom. The number of ketones is 1. The molecule has 0 N–H and O–H groups in total. The van der Waals surface area contributed by atoms with E-state index in [1.54, 1.807) is 0 Å². The molecule has 15 heavy (non-hydrogen) atoms. The fourth-order valence-corrected chi connectivity index (χ4v) is 1.61. The molecule has 3 nitrogen and oxygen atoms in total. The maximum absolute atomic E-state index is 13.1. The predicted octanol–water partition coefficient (Wildman–Crippen LogP) is 1.62. The average Bonchev–Trinajstić information content (AvgIpc) is 2.15. The van der Waals surface area contributed by atoms with Gasteiger partial charge in [-0.25, -0.2) is 12.8 Å².